The Morgan fingerprint density at radius 1 is 1.06 bits per heavy atom. The summed E-state index contributed by atoms with van der Waals surface area (Å²) in [5.41, 5.74) is 6.62. The summed E-state index contributed by atoms with van der Waals surface area (Å²) in [5.74, 6) is 0.827. The molecule has 2 rings (SSSR count). The van der Waals surface area contributed by atoms with Crippen molar-refractivity contribution in [3.8, 4) is 5.75 Å². The van der Waals surface area contributed by atoms with Gasteiger partial charge in [-0.05, 0) is 17.7 Å². The van der Waals surface area contributed by atoms with Crippen molar-refractivity contribution in [2.45, 2.75) is 13.1 Å². The molecule has 0 spiro atoms. The van der Waals surface area contributed by atoms with E-state index in [0.29, 0.717) is 19.7 Å². The summed E-state index contributed by atoms with van der Waals surface area (Å²) in [4.78, 5) is 10.9. The lowest BCUT2D eigenvalue weighted by molar-refractivity contribution is 0.298. The second-order valence-corrected chi connectivity index (χ2v) is 3.97. The molecule has 1 aromatic carbocycles. The molecular formula is C14H16N2O2. The highest BCUT2D eigenvalue weighted by atomic mass is 16.5. The van der Waals surface area contributed by atoms with E-state index in [0.717, 1.165) is 11.3 Å². The van der Waals surface area contributed by atoms with Gasteiger partial charge in [-0.2, -0.15) is 0 Å². The summed E-state index contributed by atoms with van der Waals surface area (Å²) < 4.78 is 7.51. The van der Waals surface area contributed by atoms with Crippen LogP contribution in [0.5, 0.6) is 5.75 Å². The summed E-state index contributed by atoms with van der Waals surface area (Å²) in [6.45, 7) is 1.81. The zero-order valence-corrected chi connectivity index (χ0v) is 10.1. The van der Waals surface area contributed by atoms with E-state index in [1.165, 1.54) is 12.1 Å². The first-order chi connectivity index (χ1) is 8.78. The van der Waals surface area contributed by atoms with Crippen molar-refractivity contribution >= 4 is 0 Å². The van der Waals surface area contributed by atoms with E-state index in [4.69, 9.17) is 10.5 Å². The van der Waals surface area contributed by atoms with Crippen LogP contribution in [-0.4, -0.2) is 11.2 Å². The van der Waals surface area contributed by atoms with Crippen molar-refractivity contribution in [3.05, 3.63) is 64.6 Å². The average molecular weight is 244 g/mol. The van der Waals surface area contributed by atoms with Crippen LogP contribution in [0, 0.1) is 0 Å². The smallest absolute Gasteiger partial charge is 0.181 e. The van der Waals surface area contributed by atoms with Crippen LogP contribution in [0.1, 0.15) is 5.56 Å². The Bertz CT molecular complexity index is 526. The van der Waals surface area contributed by atoms with E-state index in [1.807, 2.05) is 28.8 Å². The summed E-state index contributed by atoms with van der Waals surface area (Å²) in [6, 6.07) is 10.8. The fourth-order valence-corrected chi connectivity index (χ4v) is 1.58. The maximum absolute atomic E-state index is 10.9. The molecule has 4 heteroatoms. The maximum Gasteiger partial charge on any atom is 0.181 e. The summed E-state index contributed by atoms with van der Waals surface area (Å²) >= 11 is 0. The molecule has 0 fully saturated rings. The third-order valence-corrected chi connectivity index (χ3v) is 2.64. The highest BCUT2D eigenvalue weighted by molar-refractivity contribution is 5.27. The summed E-state index contributed by atoms with van der Waals surface area (Å²) in [7, 11) is 0. The number of pyridine rings is 1. The Kier molecular flexibility index (Phi) is 4.15. The molecule has 2 aromatic rings. The molecular weight excluding hydrogens is 228 g/mol. The molecule has 0 aliphatic heterocycles. The SMILES string of the molecule is NCc1ccc(OCCn2ccc(=O)cc2)cc1. The van der Waals surface area contributed by atoms with E-state index < -0.39 is 0 Å². The van der Waals surface area contributed by atoms with E-state index in [-0.39, 0.29) is 5.43 Å². The van der Waals surface area contributed by atoms with E-state index >= 15 is 0 Å². The molecule has 2 N–H and O–H groups in total. The van der Waals surface area contributed by atoms with Gasteiger partial charge in [0.05, 0.1) is 6.54 Å². The van der Waals surface area contributed by atoms with Gasteiger partial charge >= 0.3 is 0 Å². The number of nitrogens with two attached hydrogens (primary N) is 1. The molecule has 0 aliphatic rings. The second-order valence-electron chi connectivity index (χ2n) is 3.97. The molecule has 0 unspecified atom stereocenters. The van der Waals surface area contributed by atoms with E-state index in [9.17, 15) is 4.79 Å². The molecule has 0 amide bonds. The normalized spacial score (nSPS) is 10.3. The minimum Gasteiger partial charge on any atom is -0.492 e. The summed E-state index contributed by atoms with van der Waals surface area (Å²) in [6.07, 6.45) is 3.51. The Labute approximate surface area is 106 Å². The first kappa shape index (κ1) is 12.4. The van der Waals surface area contributed by atoms with Gasteiger partial charge in [0.1, 0.15) is 12.4 Å². The molecule has 1 aromatic heterocycles. The first-order valence-corrected chi connectivity index (χ1v) is 5.86. The van der Waals surface area contributed by atoms with Crippen LogP contribution in [0.3, 0.4) is 0 Å². The Morgan fingerprint density at radius 2 is 1.72 bits per heavy atom. The highest BCUT2D eigenvalue weighted by Gasteiger charge is 1.95. The van der Waals surface area contributed by atoms with Gasteiger partial charge in [0.25, 0.3) is 0 Å². The fraction of sp³-hybridized carbons (Fsp3) is 0.214. The monoisotopic (exact) mass is 244 g/mol. The van der Waals surface area contributed by atoms with Crippen LogP contribution >= 0.6 is 0 Å². The largest absolute Gasteiger partial charge is 0.492 e. The van der Waals surface area contributed by atoms with Crippen LogP contribution in [0.25, 0.3) is 0 Å². The maximum atomic E-state index is 10.9. The molecule has 1 heterocycles. The topological polar surface area (TPSA) is 57.2 Å². The predicted molar refractivity (Wildman–Crippen MR) is 70.5 cm³/mol. The van der Waals surface area contributed by atoms with Crippen LogP contribution in [-0.2, 0) is 13.1 Å². The first-order valence-electron chi connectivity index (χ1n) is 5.86. The van der Waals surface area contributed by atoms with Crippen molar-refractivity contribution in [3.63, 3.8) is 0 Å². The molecule has 0 saturated carbocycles. The summed E-state index contributed by atoms with van der Waals surface area (Å²) in [5, 5.41) is 0. The molecule has 0 aliphatic carbocycles. The number of hydrogen-bond donors (Lipinski definition) is 1. The number of ether oxygens (including phenoxy) is 1. The van der Waals surface area contributed by atoms with Gasteiger partial charge in [-0.25, -0.2) is 0 Å². The Hall–Kier alpha value is -2.07. The van der Waals surface area contributed by atoms with Gasteiger partial charge in [-0.1, -0.05) is 12.1 Å². The number of aromatic nitrogens is 1. The predicted octanol–water partition coefficient (Wildman–Crippen LogP) is 1.39. The van der Waals surface area contributed by atoms with Gasteiger partial charge < -0.3 is 15.0 Å². The quantitative estimate of drug-likeness (QED) is 0.864. The minimum atomic E-state index is 0.0181. The molecule has 4 nitrogen and oxygen atoms in total. The van der Waals surface area contributed by atoms with Crippen molar-refractivity contribution in [1.29, 1.82) is 0 Å². The van der Waals surface area contributed by atoms with Gasteiger partial charge in [0.2, 0.25) is 0 Å². The Balaban J connectivity index is 1.84. The van der Waals surface area contributed by atoms with E-state index in [1.54, 1.807) is 12.4 Å². The van der Waals surface area contributed by atoms with Crippen LogP contribution < -0.4 is 15.9 Å². The lowest BCUT2D eigenvalue weighted by Gasteiger charge is -2.08. The van der Waals surface area contributed by atoms with Crippen molar-refractivity contribution < 1.29 is 4.74 Å². The number of hydrogen-bond acceptors (Lipinski definition) is 3. The van der Waals surface area contributed by atoms with Crippen molar-refractivity contribution in [2.24, 2.45) is 5.73 Å². The van der Waals surface area contributed by atoms with Crippen LogP contribution in [0.2, 0.25) is 0 Å². The lowest BCUT2D eigenvalue weighted by atomic mass is 10.2. The minimum absolute atomic E-state index is 0.0181. The zero-order chi connectivity index (χ0) is 12.8. The van der Waals surface area contributed by atoms with Gasteiger partial charge in [0, 0.05) is 31.1 Å². The lowest BCUT2D eigenvalue weighted by Crippen LogP contribution is -2.10. The van der Waals surface area contributed by atoms with Gasteiger partial charge in [-0.15, -0.1) is 0 Å². The fourth-order valence-electron chi connectivity index (χ4n) is 1.58. The molecule has 0 radical (unpaired) electrons. The molecule has 94 valence electrons. The Morgan fingerprint density at radius 3 is 2.33 bits per heavy atom. The standard InChI is InChI=1S/C14H16N2O2/c15-11-12-1-3-14(4-2-12)18-10-9-16-7-5-13(17)6-8-16/h1-8H,9-11,15H2. The van der Waals surface area contributed by atoms with Crippen molar-refractivity contribution in [2.75, 3.05) is 6.61 Å². The molecule has 0 saturated heterocycles. The van der Waals surface area contributed by atoms with Crippen molar-refractivity contribution in [1.82, 2.24) is 4.57 Å². The molecule has 0 bridgehead atoms. The number of benzene rings is 1. The van der Waals surface area contributed by atoms with Crippen LogP contribution in [0.4, 0.5) is 0 Å². The third kappa shape index (κ3) is 3.46. The van der Waals surface area contributed by atoms with Gasteiger partial charge in [0.15, 0.2) is 5.43 Å². The van der Waals surface area contributed by atoms with E-state index in [2.05, 4.69) is 0 Å². The second kappa shape index (κ2) is 6.02. The average Bonchev–Trinajstić information content (AvgIpc) is 2.42. The van der Waals surface area contributed by atoms with Crippen LogP contribution in [0.15, 0.2) is 53.6 Å². The zero-order valence-electron chi connectivity index (χ0n) is 10.1. The number of nitrogens with zero attached hydrogens (tertiary/aromatic N) is 1. The number of rotatable bonds is 5. The third-order valence-electron chi connectivity index (χ3n) is 2.64. The molecule has 0 atom stereocenters. The molecule has 18 heavy (non-hydrogen) atoms. The van der Waals surface area contributed by atoms with Gasteiger partial charge in [-0.3, -0.25) is 4.79 Å². The highest BCUT2D eigenvalue weighted by Crippen LogP contribution is 2.11.